The zero-order valence-electron chi connectivity index (χ0n) is 6.75. The van der Waals surface area contributed by atoms with Crippen LogP contribution < -0.4 is 5.63 Å². The molecule has 0 amide bonds. The van der Waals surface area contributed by atoms with E-state index >= 15 is 0 Å². The Kier molecular flexibility index (Phi) is 1.51. The average Bonchev–Trinajstić information content (AvgIpc) is 2.33. The number of nitrogens with zero attached hydrogens (tertiary/aromatic N) is 1. The second-order valence-electron chi connectivity index (χ2n) is 2.62. The molecule has 2 rings (SSSR count). The molecule has 0 fully saturated rings. The largest absolute Gasteiger partial charge is 0.408 e. The summed E-state index contributed by atoms with van der Waals surface area (Å²) >= 11 is 1.38. The van der Waals surface area contributed by atoms with Crippen LogP contribution in [0.1, 0.15) is 11.5 Å². The molecule has 0 aromatic carbocycles. The fourth-order valence-electron chi connectivity index (χ4n) is 1.08. The van der Waals surface area contributed by atoms with Gasteiger partial charge in [0.05, 0.1) is 5.52 Å². The van der Waals surface area contributed by atoms with E-state index in [0.717, 1.165) is 11.1 Å². The number of aryl methyl sites for hydroxylation is 2. The quantitative estimate of drug-likeness (QED) is 0.623. The summed E-state index contributed by atoms with van der Waals surface area (Å²) in [5.74, 6) is 0.425. The van der Waals surface area contributed by atoms with Crippen molar-refractivity contribution in [1.82, 2.24) is 4.98 Å². The molecule has 0 unspecified atom stereocenters. The second kappa shape index (κ2) is 2.42. The van der Waals surface area contributed by atoms with E-state index in [1.54, 1.807) is 6.92 Å². The molecule has 2 aromatic heterocycles. The predicted octanol–water partition coefficient (Wildman–Crippen LogP) is 1.87. The van der Waals surface area contributed by atoms with Gasteiger partial charge in [-0.15, -0.1) is 11.3 Å². The minimum absolute atomic E-state index is 0.282. The first-order chi connectivity index (χ1) is 5.68. The summed E-state index contributed by atoms with van der Waals surface area (Å²) in [6, 6.07) is 0. The third-order valence-electron chi connectivity index (χ3n) is 1.64. The first-order valence-electron chi connectivity index (χ1n) is 3.54. The van der Waals surface area contributed by atoms with E-state index in [9.17, 15) is 4.79 Å². The minimum Gasteiger partial charge on any atom is -0.408 e. The fraction of sp³-hybridized carbons (Fsp3) is 0.250. The lowest BCUT2D eigenvalue weighted by Crippen LogP contribution is -2.00. The zero-order valence-corrected chi connectivity index (χ0v) is 7.57. The van der Waals surface area contributed by atoms with Gasteiger partial charge in [0.1, 0.15) is 4.70 Å². The lowest BCUT2D eigenvalue weighted by molar-refractivity contribution is 0.468. The van der Waals surface area contributed by atoms with Gasteiger partial charge in [0.15, 0.2) is 5.89 Å². The molecule has 0 aliphatic rings. The highest BCUT2D eigenvalue weighted by molar-refractivity contribution is 7.17. The third kappa shape index (κ3) is 0.956. The van der Waals surface area contributed by atoms with E-state index in [0.29, 0.717) is 10.6 Å². The fourth-order valence-corrected chi connectivity index (χ4v) is 1.94. The molecule has 0 saturated carbocycles. The molecular formula is C8H7NO2S. The van der Waals surface area contributed by atoms with Crippen LogP contribution in [0.5, 0.6) is 0 Å². The topological polar surface area (TPSA) is 43.1 Å². The van der Waals surface area contributed by atoms with Gasteiger partial charge in [-0.2, -0.15) is 0 Å². The summed E-state index contributed by atoms with van der Waals surface area (Å²) in [4.78, 5) is 15.4. The van der Waals surface area contributed by atoms with Crippen molar-refractivity contribution in [3.8, 4) is 0 Å². The SMILES string of the molecule is Cc1nc2c(C)csc2c(=O)o1. The van der Waals surface area contributed by atoms with Crippen LogP contribution in [0, 0.1) is 13.8 Å². The smallest absolute Gasteiger partial charge is 0.357 e. The van der Waals surface area contributed by atoms with Gasteiger partial charge in [-0.3, -0.25) is 0 Å². The molecule has 0 aliphatic heterocycles. The molecule has 0 aliphatic carbocycles. The Morgan fingerprint density at radius 3 is 3.00 bits per heavy atom. The molecule has 0 spiro atoms. The molecule has 4 heteroatoms. The third-order valence-corrected chi connectivity index (χ3v) is 2.70. The van der Waals surface area contributed by atoms with Crippen molar-refractivity contribution in [1.29, 1.82) is 0 Å². The standard InChI is InChI=1S/C8H7NO2S/c1-4-3-12-7-6(4)9-5(2)11-8(7)10/h3H,1-2H3. The van der Waals surface area contributed by atoms with Gasteiger partial charge in [0.25, 0.3) is 0 Å². The monoisotopic (exact) mass is 181 g/mol. The van der Waals surface area contributed by atoms with E-state index in [4.69, 9.17) is 4.42 Å². The summed E-state index contributed by atoms with van der Waals surface area (Å²) in [6.07, 6.45) is 0. The molecule has 2 aromatic rings. The van der Waals surface area contributed by atoms with Crippen LogP contribution >= 0.6 is 11.3 Å². The molecule has 2 heterocycles. The molecule has 3 nitrogen and oxygen atoms in total. The number of aromatic nitrogens is 1. The van der Waals surface area contributed by atoms with Crippen molar-refractivity contribution < 1.29 is 4.42 Å². The average molecular weight is 181 g/mol. The Hall–Kier alpha value is -1.16. The number of fused-ring (bicyclic) bond motifs is 1. The maximum Gasteiger partial charge on any atom is 0.357 e. The number of rotatable bonds is 0. The van der Waals surface area contributed by atoms with Gasteiger partial charge in [0.2, 0.25) is 0 Å². The molecule has 0 N–H and O–H groups in total. The molecule has 0 saturated heterocycles. The molecule has 0 atom stereocenters. The van der Waals surface area contributed by atoms with E-state index in [2.05, 4.69) is 4.98 Å². The Morgan fingerprint density at radius 1 is 1.50 bits per heavy atom. The van der Waals surface area contributed by atoms with E-state index in [1.165, 1.54) is 11.3 Å². The summed E-state index contributed by atoms with van der Waals surface area (Å²) in [5, 5.41) is 1.91. The molecule has 0 bridgehead atoms. The van der Waals surface area contributed by atoms with Crippen molar-refractivity contribution in [3.63, 3.8) is 0 Å². The second-order valence-corrected chi connectivity index (χ2v) is 3.50. The molecule has 0 radical (unpaired) electrons. The zero-order chi connectivity index (χ0) is 8.72. The van der Waals surface area contributed by atoms with Crippen molar-refractivity contribution in [3.05, 3.63) is 27.3 Å². The highest BCUT2D eigenvalue weighted by Crippen LogP contribution is 2.19. The van der Waals surface area contributed by atoms with Gasteiger partial charge >= 0.3 is 5.63 Å². The number of thiophene rings is 1. The molecular weight excluding hydrogens is 174 g/mol. The Balaban J connectivity index is 3.03. The first-order valence-corrected chi connectivity index (χ1v) is 4.42. The van der Waals surface area contributed by atoms with Crippen LogP contribution in [-0.4, -0.2) is 4.98 Å². The highest BCUT2D eigenvalue weighted by Gasteiger charge is 2.07. The van der Waals surface area contributed by atoms with Gasteiger partial charge in [0, 0.05) is 6.92 Å². The normalized spacial score (nSPS) is 10.8. The molecule has 12 heavy (non-hydrogen) atoms. The van der Waals surface area contributed by atoms with Crippen LogP contribution in [0.2, 0.25) is 0 Å². The van der Waals surface area contributed by atoms with Gasteiger partial charge in [-0.25, -0.2) is 9.78 Å². The van der Waals surface area contributed by atoms with Gasteiger partial charge in [-0.1, -0.05) is 0 Å². The lowest BCUT2D eigenvalue weighted by Gasteiger charge is -1.90. The van der Waals surface area contributed by atoms with Crippen molar-refractivity contribution in [2.24, 2.45) is 0 Å². The highest BCUT2D eigenvalue weighted by atomic mass is 32.1. The lowest BCUT2D eigenvalue weighted by atomic mass is 10.3. The van der Waals surface area contributed by atoms with Crippen molar-refractivity contribution in [2.45, 2.75) is 13.8 Å². The summed E-state index contributed by atoms with van der Waals surface area (Å²) in [5.41, 5.74) is 1.52. The van der Waals surface area contributed by atoms with Crippen molar-refractivity contribution >= 4 is 21.6 Å². The van der Waals surface area contributed by atoms with Crippen LogP contribution in [0.3, 0.4) is 0 Å². The summed E-state index contributed by atoms with van der Waals surface area (Å²) in [7, 11) is 0. The van der Waals surface area contributed by atoms with Crippen LogP contribution in [0.15, 0.2) is 14.6 Å². The van der Waals surface area contributed by atoms with Crippen LogP contribution in [0.25, 0.3) is 10.2 Å². The summed E-state index contributed by atoms with van der Waals surface area (Å²) in [6.45, 7) is 3.61. The van der Waals surface area contributed by atoms with Gasteiger partial charge in [-0.05, 0) is 17.9 Å². The van der Waals surface area contributed by atoms with Crippen LogP contribution in [-0.2, 0) is 0 Å². The predicted molar refractivity (Wildman–Crippen MR) is 47.6 cm³/mol. The minimum atomic E-state index is -0.282. The Labute approximate surface area is 72.7 Å². The van der Waals surface area contributed by atoms with E-state index in [-0.39, 0.29) is 5.63 Å². The summed E-state index contributed by atoms with van der Waals surface area (Å²) < 4.78 is 5.46. The van der Waals surface area contributed by atoms with Gasteiger partial charge < -0.3 is 4.42 Å². The van der Waals surface area contributed by atoms with Crippen molar-refractivity contribution in [2.75, 3.05) is 0 Å². The number of hydrogen-bond acceptors (Lipinski definition) is 4. The number of hydrogen-bond donors (Lipinski definition) is 0. The van der Waals surface area contributed by atoms with E-state index < -0.39 is 0 Å². The maximum atomic E-state index is 11.2. The van der Waals surface area contributed by atoms with Crippen LogP contribution in [0.4, 0.5) is 0 Å². The Morgan fingerprint density at radius 2 is 2.25 bits per heavy atom. The van der Waals surface area contributed by atoms with E-state index in [1.807, 2.05) is 12.3 Å². The first kappa shape index (κ1) is 7.49. The molecule has 62 valence electrons. The Bertz CT molecular complexity index is 483. The maximum absolute atomic E-state index is 11.2.